The zero-order valence-electron chi connectivity index (χ0n) is 11.5. The highest BCUT2D eigenvalue weighted by Crippen LogP contribution is 2.24. The van der Waals surface area contributed by atoms with Gasteiger partial charge in [0.1, 0.15) is 0 Å². The van der Waals surface area contributed by atoms with E-state index in [2.05, 4.69) is 16.2 Å². The smallest absolute Gasteiger partial charge is 0.307 e. The highest BCUT2D eigenvalue weighted by molar-refractivity contribution is 7.89. The topological polar surface area (TPSA) is 113 Å². The fraction of sp³-hybridized carbons (Fsp3) is 0. The molecule has 2 aromatic carbocycles. The van der Waals surface area contributed by atoms with Crippen LogP contribution < -0.4 is 21.3 Å². The highest BCUT2D eigenvalue weighted by atomic mass is 35.5. The van der Waals surface area contributed by atoms with Crippen molar-refractivity contribution < 1.29 is 13.2 Å². The summed E-state index contributed by atoms with van der Waals surface area (Å²) in [6.45, 7) is 0. The number of primary sulfonamides is 1. The summed E-state index contributed by atoms with van der Waals surface area (Å²) in [5, 5.41) is 8.23. The first-order chi connectivity index (χ1) is 10.8. The number of sulfonamides is 1. The van der Waals surface area contributed by atoms with Crippen molar-refractivity contribution in [1.82, 2.24) is 5.43 Å². The molecule has 23 heavy (non-hydrogen) atoms. The SMILES string of the molecule is NS(=O)(=O)c1ccc(NNC(=O)Nc2ccc(Cl)c(Cl)c2)cc1. The van der Waals surface area contributed by atoms with Gasteiger partial charge in [-0.25, -0.2) is 18.4 Å². The van der Waals surface area contributed by atoms with Gasteiger partial charge in [0, 0.05) is 5.69 Å². The maximum Gasteiger partial charge on any atom is 0.337 e. The average Bonchev–Trinajstić information content (AvgIpc) is 2.48. The van der Waals surface area contributed by atoms with Crippen molar-refractivity contribution in [3.8, 4) is 0 Å². The number of anilines is 2. The van der Waals surface area contributed by atoms with Crippen LogP contribution in [0.15, 0.2) is 47.4 Å². The predicted molar refractivity (Wildman–Crippen MR) is 90.1 cm³/mol. The monoisotopic (exact) mass is 374 g/mol. The van der Waals surface area contributed by atoms with E-state index >= 15 is 0 Å². The molecule has 2 amide bonds. The molecule has 0 radical (unpaired) electrons. The Labute approximate surface area is 142 Å². The predicted octanol–water partition coefficient (Wildman–Crippen LogP) is 2.79. The fourth-order valence-corrected chi connectivity index (χ4v) is 2.41. The average molecular weight is 375 g/mol. The molecule has 0 heterocycles. The number of hydrogen-bond acceptors (Lipinski definition) is 4. The van der Waals surface area contributed by atoms with Crippen LogP contribution in [-0.4, -0.2) is 14.4 Å². The molecule has 0 atom stereocenters. The van der Waals surface area contributed by atoms with Gasteiger partial charge in [0.25, 0.3) is 0 Å². The third-order valence-corrected chi connectivity index (χ3v) is 4.35. The first kappa shape index (κ1) is 17.4. The second-order valence-electron chi connectivity index (χ2n) is 4.40. The quantitative estimate of drug-likeness (QED) is 0.616. The van der Waals surface area contributed by atoms with Crippen LogP contribution in [0.25, 0.3) is 0 Å². The molecule has 7 nitrogen and oxygen atoms in total. The molecule has 0 saturated carbocycles. The first-order valence-corrected chi connectivity index (χ1v) is 8.47. The van der Waals surface area contributed by atoms with Crippen molar-refractivity contribution in [1.29, 1.82) is 0 Å². The molecule has 10 heteroatoms. The molecule has 0 fully saturated rings. The first-order valence-electron chi connectivity index (χ1n) is 6.16. The summed E-state index contributed by atoms with van der Waals surface area (Å²) in [4.78, 5) is 11.7. The Morgan fingerprint density at radius 1 is 0.957 bits per heavy atom. The summed E-state index contributed by atoms with van der Waals surface area (Å²) >= 11 is 11.6. The zero-order valence-corrected chi connectivity index (χ0v) is 13.8. The van der Waals surface area contributed by atoms with E-state index in [0.717, 1.165) is 0 Å². The van der Waals surface area contributed by atoms with E-state index < -0.39 is 16.1 Å². The van der Waals surface area contributed by atoms with Crippen LogP contribution in [-0.2, 0) is 10.0 Å². The summed E-state index contributed by atoms with van der Waals surface area (Å²) in [7, 11) is -3.75. The molecule has 5 N–H and O–H groups in total. The number of nitrogens with one attached hydrogen (secondary N) is 3. The van der Waals surface area contributed by atoms with Crippen LogP contribution in [0.4, 0.5) is 16.2 Å². The minimum absolute atomic E-state index is 0.0247. The van der Waals surface area contributed by atoms with Crippen molar-refractivity contribution in [3.05, 3.63) is 52.5 Å². The molecule has 0 aromatic heterocycles. The Morgan fingerprint density at radius 3 is 2.13 bits per heavy atom. The number of urea groups is 1. The van der Waals surface area contributed by atoms with Crippen molar-refractivity contribution >= 4 is 50.6 Å². The number of benzene rings is 2. The van der Waals surface area contributed by atoms with Gasteiger partial charge in [-0.3, -0.25) is 10.9 Å². The number of amides is 2. The number of carbonyl (C=O) groups is 1. The Hall–Kier alpha value is -2.00. The lowest BCUT2D eigenvalue weighted by Crippen LogP contribution is -2.33. The minimum atomic E-state index is -3.75. The van der Waals surface area contributed by atoms with Crippen LogP contribution >= 0.6 is 23.2 Å². The third-order valence-electron chi connectivity index (χ3n) is 2.68. The van der Waals surface area contributed by atoms with Gasteiger partial charge in [-0.05, 0) is 42.5 Å². The van der Waals surface area contributed by atoms with E-state index in [4.69, 9.17) is 28.3 Å². The van der Waals surface area contributed by atoms with Gasteiger partial charge in [0.2, 0.25) is 10.0 Å². The lowest BCUT2D eigenvalue weighted by atomic mass is 10.3. The van der Waals surface area contributed by atoms with E-state index in [1.807, 2.05) is 0 Å². The number of carbonyl (C=O) groups excluding carboxylic acids is 1. The highest BCUT2D eigenvalue weighted by Gasteiger charge is 2.07. The summed E-state index contributed by atoms with van der Waals surface area (Å²) < 4.78 is 22.2. The van der Waals surface area contributed by atoms with Crippen LogP contribution in [0.5, 0.6) is 0 Å². The molecule has 0 spiro atoms. The summed E-state index contributed by atoms with van der Waals surface area (Å²) in [5.74, 6) is 0. The second kappa shape index (κ2) is 7.05. The van der Waals surface area contributed by atoms with Gasteiger partial charge in [-0.15, -0.1) is 0 Å². The van der Waals surface area contributed by atoms with Gasteiger partial charge in [0.05, 0.1) is 20.6 Å². The molecule has 2 aromatic rings. The van der Waals surface area contributed by atoms with Crippen LogP contribution in [0.3, 0.4) is 0 Å². The largest absolute Gasteiger partial charge is 0.337 e. The number of rotatable bonds is 4. The lowest BCUT2D eigenvalue weighted by Gasteiger charge is -2.10. The van der Waals surface area contributed by atoms with Gasteiger partial charge in [0.15, 0.2) is 0 Å². The summed E-state index contributed by atoms with van der Waals surface area (Å²) in [6.07, 6.45) is 0. The van der Waals surface area contributed by atoms with Crippen LogP contribution in [0.2, 0.25) is 10.0 Å². The summed E-state index contributed by atoms with van der Waals surface area (Å²) in [5.41, 5.74) is 5.93. The van der Waals surface area contributed by atoms with Crippen LogP contribution in [0.1, 0.15) is 0 Å². The molecular formula is C13H12Cl2N4O3S. The standard InChI is InChI=1S/C13H12Cl2N4O3S/c14-11-6-3-9(7-12(11)15)17-13(20)19-18-8-1-4-10(5-2-8)23(16,21)22/h1-7,18H,(H2,16,21,22)(H2,17,19,20). The number of hydrogen-bond donors (Lipinski definition) is 4. The zero-order chi connectivity index (χ0) is 17.0. The molecule has 0 saturated heterocycles. The maximum absolute atomic E-state index is 11.7. The van der Waals surface area contributed by atoms with Crippen molar-refractivity contribution in [2.75, 3.05) is 10.7 Å². The van der Waals surface area contributed by atoms with E-state index in [1.54, 1.807) is 12.1 Å². The third kappa shape index (κ3) is 5.00. The number of nitrogens with two attached hydrogens (primary N) is 1. The Kier molecular flexibility index (Phi) is 5.32. The number of hydrazine groups is 1. The van der Waals surface area contributed by atoms with E-state index in [-0.39, 0.29) is 4.90 Å². The molecule has 0 aliphatic rings. The fourth-order valence-electron chi connectivity index (χ4n) is 1.59. The second-order valence-corrected chi connectivity index (χ2v) is 6.78. The van der Waals surface area contributed by atoms with E-state index in [1.165, 1.54) is 30.3 Å². The molecule has 0 aliphatic heterocycles. The Bertz CT molecular complexity index is 826. The van der Waals surface area contributed by atoms with Crippen molar-refractivity contribution in [2.45, 2.75) is 4.90 Å². The van der Waals surface area contributed by atoms with Gasteiger partial charge in [-0.1, -0.05) is 23.2 Å². The normalized spacial score (nSPS) is 10.9. The summed E-state index contributed by atoms with van der Waals surface area (Å²) in [6, 6.07) is 9.65. The molecule has 0 aliphatic carbocycles. The molecule has 0 bridgehead atoms. The molecule has 122 valence electrons. The minimum Gasteiger partial charge on any atom is -0.307 e. The van der Waals surface area contributed by atoms with Crippen molar-refractivity contribution in [2.24, 2.45) is 5.14 Å². The van der Waals surface area contributed by atoms with E-state index in [9.17, 15) is 13.2 Å². The Balaban J connectivity index is 1.92. The van der Waals surface area contributed by atoms with Gasteiger partial charge in [-0.2, -0.15) is 0 Å². The lowest BCUT2D eigenvalue weighted by molar-refractivity contribution is 0.254. The van der Waals surface area contributed by atoms with E-state index in [0.29, 0.717) is 21.4 Å². The molecule has 0 unspecified atom stereocenters. The van der Waals surface area contributed by atoms with Gasteiger partial charge >= 0.3 is 6.03 Å². The molecule has 2 rings (SSSR count). The molecular weight excluding hydrogens is 363 g/mol. The maximum atomic E-state index is 11.7. The van der Waals surface area contributed by atoms with Crippen molar-refractivity contribution in [3.63, 3.8) is 0 Å². The number of halogens is 2. The van der Waals surface area contributed by atoms with Crippen LogP contribution in [0, 0.1) is 0 Å². The Morgan fingerprint density at radius 2 is 1.57 bits per heavy atom. The van der Waals surface area contributed by atoms with Gasteiger partial charge < -0.3 is 5.32 Å².